The van der Waals surface area contributed by atoms with E-state index in [2.05, 4.69) is 70.5 Å². The van der Waals surface area contributed by atoms with E-state index in [1.54, 1.807) is 0 Å². The van der Waals surface area contributed by atoms with Crippen LogP contribution in [0, 0.1) is 6.92 Å². The average molecular weight is 515 g/mol. The molecule has 3 fully saturated rings. The summed E-state index contributed by atoms with van der Waals surface area (Å²) < 4.78 is 14.3. The van der Waals surface area contributed by atoms with Gasteiger partial charge in [-0.05, 0) is 51.2 Å². The van der Waals surface area contributed by atoms with Crippen molar-refractivity contribution in [3.8, 4) is 5.75 Å². The van der Waals surface area contributed by atoms with Gasteiger partial charge >= 0.3 is 0 Å². The van der Waals surface area contributed by atoms with E-state index >= 15 is 0 Å². The van der Waals surface area contributed by atoms with Crippen LogP contribution in [0.15, 0.2) is 36.9 Å². The first-order valence-corrected chi connectivity index (χ1v) is 14.1. The Bertz CT molecular complexity index is 1370. The van der Waals surface area contributed by atoms with Crippen molar-refractivity contribution >= 4 is 17.2 Å². The van der Waals surface area contributed by atoms with Crippen molar-refractivity contribution in [1.82, 2.24) is 24.8 Å². The maximum Gasteiger partial charge on any atom is 0.157 e. The minimum atomic E-state index is -0.180. The van der Waals surface area contributed by atoms with Crippen LogP contribution in [0.25, 0.3) is 11.3 Å². The molecule has 8 nitrogen and oxygen atoms in total. The number of fused-ring (bicyclic) bond motifs is 4. The number of piperidine rings is 1. The molecule has 1 aliphatic carbocycles. The Kier molecular flexibility index (Phi) is 5.85. The summed E-state index contributed by atoms with van der Waals surface area (Å²) in [7, 11) is 2.16. The summed E-state index contributed by atoms with van der Waals surface area (Å²) in [5, 5.41) is 8.96. The number of ether oxygens (including phenoxy) is 2. The van der Waals surface area contributed by atoms with Crippen molar-refractivity contribution in [3.05, 3.63) is 59.4 Å². The zero-order valence-electron chi connectivity index (χ0n) is 22.6. The number of anilines is 1. The number of hydrogen-bond donors (Lipinski definition) is 1. The van der Waals surface area contributed by atoms with Gasteiger partial charge in [0.25, 0.3) is 0 Å². The van der Waals surface area contributed by atoms with Gasteiger partial charge in [-0.3, -0.25) is 0 Å². The van der Waals surface area contributed by atoms with Gasteiger partial charge in [0.2, 0.25) is 0 Å². The van der Waals surface area contributed by atoms with E-state index in [-0.39, 0.29) is 11.6 Å². The van der Waals surface area contributed by atoms with Crippen LogP contribution in [0.5, 0.6) is 5.75 Å². The highest BCUT2D eigenvalue weighted by Crippen LogP contribution is 2.42. The van der Waals surface area contributed by atoms with Gasteiger partial charge in [-0.2, -0.15) is 9.61 Å². The van der Waals surface area contributed by atoms with E-state index in [1.807, 2.05) is 0 Å². The molecule has 3 aliphatic heterocycles. The van der Waals surface area contributed by atoms with E-state index in [4.69, 9.17) is 19.6 Å². The summed E-state index contributed by atoms with van der Waals surface area (Å²) in [6, 6.07) is 11.1. The lowest BCUT2D eigenvalue weighted by atomic mass is 9.96. The van der Waals surface area contributed by atoms with Crippen LogP contribution in [0.4, 0.5) is 5.82 Å². The number of aryl methyl sites for hydroxylation is 1. The second-order valence-electron chi connectivity index (χ2n) is 11.7. The van der Waals surface area contributed by atoms with Gasteiger partial charge < -0.3 is 24.6 Å². The van der Waals surface area contributed by atoms with Crippen LogP contribution in [0.3, 0.4) is 0 Å². The second-order valence-corrected chi connectivity index (χ2v) is 11.7. The molecule has 2 aromatic heterocycles. The molecule has 4 aliphatic rings. The maximum absolute atomic E-state index is 6.53. The third kappa shape index (κ3) is 4.24. The van der Waals surface area contributed by atoms with Crippen LogP contribution in [-0.2, 0) is 4.74 Å². The minimum Gasteiger partial charge on any atom is -0.491 e. The van der Waals surface area contributed by atoms with E-state index in [0.717, 1.165) is 66.6 Å². The Hall–Kier alpha value is -3.10. The average Bonchev–Trinajstić information content (AvgIpc) is 3.67. The molecule has 7 rings (SSSR count). The Labute approximate surface area is 224 Å². The molecule has 1 saturated carbocycles. The van der Waals surface area contributed by atoms with Crippen LogP contribution >= 0.6 is 0 Å². The van der Waals surface area contributed by atoms with Gasteiger partial charge in [0.05, 0.1) is 30.5 Å². The van der Waals surface area contributed by atoms with Gasteiger partial charge in [-0.25, -0.2) is 4.98 Å². The first kappa shape index (κ1) is 24.0. The number of hydrogen-bond acceptors (Lipinski definition) is 7. The summed E-state index contributed by atoms with van der Waals surface area (Å²) >= 11 is 0. The second kappa shape index (κ2) is 9.27. The van der Waals surface area contributed by atoms with Crippen LogP contribution in [0.1, 0.15) is 66.6 Å². The summed E-state index contributed by atoms with van der Waals surface area (Å²) in [5.74, 6) is 2.57. The van der Waals surface area contributed by atoms with Gasteiger partial charge in [0, 0.05) is 61.7 Å². The van der Waals surface area contributed by atoms with Crippen LogP contribution in [0.2, 0.25) is 0 Å². The predicted octanol–water partition coefficient (Wildman–Crippen LogP) is 4.30. The van der Waals surface area contributed by atoms with E-state index < -0.39 is 0 Å². The zero-order chi connectivity index (χ0) is 25.9. The highest BCUT2D eigenvalue weighted by atomic mass is 16.5. The molecular formula is C30H38N6O2. The number of rotatable bonds is 1. The molecule has 1 N–H and O–H groups in total. The third-order valence-electron chi connectivity index (χ3n) is 8.68. The number of aromatic nitrogens is 3. The fraction of sp³-hybridized carbons (Fsp3) is 0.533. The molecule has 1 atom stereocenters. The van der Waals surface area contributed by atoms with Gasteiger partial charge in [0.1, 0.15) is 18.2 Å². The normalized spacial score (nSPS) is 23.7. The maximum atomic E-state index is 6.53. The molecule has 2 bridgehead atoms. The molecule has 5 heterocycles. The first-order chi connectivity index (χ1) is 18.5. The van der Waals surface area contributed by atoms with Crippen molar-refractivity contribution in [3.63, 3.8) is 0 Å². The number of nitrogens with zero attached hydrogens (tertiary/aromatic N) is 5. The van der Waals surface area contributed by atoms with Gasteiger partial charge in [0.15, 0.2) is 5.65 Å². The summed E-state index contributed by atoms with van der Waals surface area (Å²) in [5.41, 5.74) is 6.32. The van der Waals surface area contributed by atoms with Crippen molar-refractivity contribution in [2.75, 3.05) is 51.4 Å². The molecule has 1 spiro atoms. The fourth-order valence-electron chi connectivity index (χ4n) is 6.13. The topological polar surface area (TPSA) is 67.2 Å². The Morgan fingerprint density at radius 1 is 1.03 bits per heavy atom. The highest BCUT2D eigenvalue weighted by Gasteiger charge is 2.40. The molecule has 0 amide bonds. The smallest absolute Gasteiger partial charge is 0.157 e. The fourth-order valence-corrected chi connectivity index (χ4v) is 6.13. The Morgan fingerprint density at radius 2 is 1.89 bits per heavy atom. The van der Waals surface area contributed by atoms with E-state index in [0.29, 0.717) is 25.7 Å². The molecule has 200 valence electrons. The number of likely N-dealkylation sites (N-methyl/N-ethyl adjacent to an activating group) is 1. The predicted molar refractivity (Wildman–Crippen MR) is 149 cm³/mol. The Balaban J connectivity index is 1.35. The van der Waals surface area contributed by atoms with E-state index in [1.165, 1.54) is 30.5 Å². The molecule has 0 radical (unpaired) electrons. The van der Waals surface area contributed by atoms with Gasteiger partial charge in [-0.1, -0.05) is 18.2 Å². The van der Waals surface area contributed by atoms with Gasteiger partial charge in [-0.15, -0.1) is 0 Å². The molecule has 1 aromatic carbocycles. The largest absolute Gasteiger partial charge is 0.491 e. The Morgan fingerprint density at radius 3 is 2.68 bits per heavy atom. The molecule has 2 saturated heterocycles. The monoisotopic (exact) mass is 514 g/mol. The standard InChI is InChI=1S/C30H38N6O2/c1-20-7-10-27-23(14-20)21(2)35-12-5-4-6-26(35)25-15-28-32-24(22-8-9-22)16-29(36(28)33-25)34(3)13-11-31-30(19-38-27)17-37-18-30/h7,10,14-16,22,26,31H,2,4-6,8-9,11-13,17-19H2,1,3H3. The highest BCUT2D eigenvalue weighted by molar-refractivity contribution is 5.69. The summed E-state index contributed by atoms with van der Waals surface area (Å²) in [6.07, 6.45) is 5.84. The number of benzene rings is 1. The van der Waals surface area contributed by atoms with Crippen molar-refractivity contribution in [2.24, 2.45) is 0 Å². The number of nitrogens with one attached hydrogen (secondary N) is 1. The zero-order valence-corrected chi connectivity index (χ0v) is 22.6. The SMILES string of the molecule is C=C1c2cc(C)ccc2OCC2(COC2)NCCN(C)c2cc(C3CC3)nc3cc(nn23)C2CCCCN12. The quantitative estimate of drug-likeness (QED) is 0.519. The molecular weight excluding hydrogens is 476 g/mol. The lowest BCUT2D eigenvalue weighted by Crippen LogP contribution is -2.64. The van der Waals surface area contributed by atoms with Crippen LogP contribution < -0.4 is 15.0 Å². The van der Waals surface area contributed by atoms with E-state index in [9.17, 15) is 0 Å². The molecule has 1 unspecified atom stereocenters. The van der Waals surface area contributed by atoms with Crippen LogP contribution in [-0.4, -0.2) is 71.5 Å². The van der Waals surface area contributed by atoms with Crippen molar-refractivity contribution in [1.29, 1.82) is 0 Å². The third-order valence-corrected chi connectivity index (χ3v) is 8.68. The lowest BCUT2D eigenvalue weighted by molar-refractivity contribution is -0.0921. The minimum absolute atomic E-state index is 0.162. The van der Waals surface area contributed by atoms with Crippen molar-refractivity contribution < 1.29 is 9.47 Å². The summed E-state index contributed by atoms with van der Waals surface area (Å²) in [6.45, 7) is 11.3. The first-order valence-electron chi connectivity index (χ1n) is 14.1. The molecule has 3 aromatic rings. The molecule has 38 heavy (non-hydrogen) atoms. The lowest BCUT2D eigenvalue weighted by Gasteiger charge is -2.42. The molecule has 8 heteroatoms. The van der Waals surface area contributed by atoms with Crippen molar-refractivity contribution in [2.45, 2.75) is 56.5 Å². The summed E-state index contributed by atoms with van der Waals surface area (Å²) in [4.78, 5) is 9.84.